The first kappa shape index (κ1) is 16.5. The maximum absolute atomic E-state index is 12.4. The SMILES string of the molecule is CC(C)N(C#N)Nc1ccc(CN2C(=O)c3ccccc3C2=O)cc1. The van der Waals surface area contributed by atoms with E-state index >= 15 is 0 Å². The summed E-state index contributed by atoms with van der Waals surface area (Å²) in [5, 5.41) is 10.5. The van der Waals surface area contributed by atoms with E-state index in [0.717, 1.165) is 11.3 Å². The number of nitrogens with one attached hydrogen (secondary N) is 1. The molecule has 25 heavy (non-hydrogen) atoms. The molecule has 0 aliphatic carbocycles. The number of carbonyl (C=O) groups excluding carboxylic acids is 2. The molecule has 1 heterocycles. The van der Waals surface area contributed by atoms with Gasteiger partial charge in [0.1, 0.15) is 0 Å². The van der Waals surface area contributed by atoms with Crippen LogP contribution in [0.3, 0.4) is 0 Å². The second kappa shape index (κ2) is 6.65. The maximum Gasteiger partial charge on any atom is 0.261 e. The van der Waals surface area contributed by atoms with Crippen molar-refractivity contribution in [3.8, 4) is 6.19 Å². The highest BCUT2D eigenvalue weighted by molar-refractivity contribution is 6.21. The third kappa shape index (κ3) is 3.17. The van der Waals surface area contributed by atoms with Gasteiger partial charge in [-0.15, -0.1) is 0 Å². The van der Waals surface area contributed by atoms with Gasteiger partial charge in [0.25, 0.3) is 11.8 Å². The van der Waals surface area contributed by atoms with Crippen LogP contribution >= 0.6 is 0 Å². The quantitative estimate of drug-likeness (QED) is 0.394. The van der Waals surface area contributed by atoms with Crippen LogP contribution in [0.1, 0.15) is 40.1 Å². The summed E-state index contributed by atoms with van der Waals surface area (Å²) in [5.74, 6) is -0.531. The Morgan fingerprint density at radius 3 is 2.08 bits per heavy atom. The van der Waals surface area contributed by atoms with Gasteiger partial charge in [0.2, 0.25) is 0 Å². The molecule has 1 aliphatic heterocycles. The van der Waals surface area contributed by atoms with E-state index in [1.54, 1.807) is 24.3 Å². The topological polar surface area (TPSA) is 76.4 Å². The number of hydrazine groups is 1. The molecule has 3 rings (SSSR count). The Morgan fingerprint density at radius 2 is 1.60 bits per heavy atom. The van der Waals surface area contributed by atoms with Crippen LogP contribution in [0.4, 0.5) is 5.69 Å². The van der Waals surface area contributed by atoms with Crippen LogP contribution in [0.15, 0.2) is 48.5 Å². The number of hydrogen-bond acceptors (Lipinski definition) is 5. The van der Waals surface area contributed by atoms with Crippen molar-refractivity contribution >= 4 is 17.5 Å². The highest BCUT2D eigenvalue weighted by Gasteiger charge is 2.34. The van der Waals surface area contributed by atoms with Crippen LogP contribution in [0.5, 0.6) is 0 Å². The Hall–Kier alpha value is -3.33. The molecule has 0 spiro atoms. The van der Waals surface area contributed by atoms with E-state index in [1.165, 1.54) is 9.91 Å². The van der Waals surface area contributed by atoms with Gasteiger partial charge >= 0.3 is 0 Å². The molecular weight excluding hydrogens is 316 g/mol. The lowest BCUT2D eigenvalue weighted by molar-refractivity contribution is 0.0642. The Balaban J connectivity index is 1.72. The smallest absolute Gasteiger partial charge is 0.261 e. The van der Waals surface area contributed by atoms with Crippen LogP contribution < -0.4 is 5.43 Å². The second-order valence-electron chi connectivity index (χ2n) is 6.11. The zero-order chi connectivity index (χ0) is 18.0. The highest BCUT2D eigenvalue weighted by Crippen LogP contribution is 2.24. The maximum atomic E-state index is 12.4. The molecule has 0 bridgehead atoms. The van der Waals surface area contributed by atoms with Crippen molar-refractivity contribution in [3.05, 3.63) is 65.2 Å². The fourth-order valence-corrected chi connectivity index (χ4v) is 2.66. The van der Waals surface area contributed by atoms with Gasteiger partial charge in [0, 0.05) is 0 Å². The number of hydrogen-bond donors (Lipinski definition) is 1. The van der Waals surface area contributed by atoms with E-state index in [1.807, 2.05) is 38.1 Å². The first-order chi connectivity index (χ1) is 12.0. The van der Waals surface area contributed by atoms with E-state index in [0.29, 0.717) is 11.1 Å². The molecule has 2 aromatic rings. The fraction of sp³-hybridized carbons (Fsp3) is 0.211. The lowest BCUT2D eigenvalue weighted by Crippen LogP contribution is -2.31. The van der Waals surface area contributed by atoms with Crippen molar-refractivity contribution in [3.63, 3.8) is 0 Å². The number of nitriles is 1. The standard InChI is InChI=1S/C19H18N4O2/c1-13(2)23(12-20)21-15-9-7-14(8-10-15)11-22-18(24)16-5-3-4-6-17(16)19(22)25/h3-10,13,21H,11H2,1-2H3. The zero-order valence-corrected chi connectivity index (χ0v) is 14.1. The van der Waals surface area contributed by atoms with Crippen molar-refractivity contribution in [1.82, 2.24) is 9.91 Å². The minimum absolute atomic E-state index is 0.0306. The summed E-state index contributed by atoms with van der Waals surface area (Å²) in [6.45, 7) is 4.04. The van der Waals surface area contributed by atoms with E-state index in [9.17, 15) is 9.59 Å². The van der Waals surface area contributed by atoms with E-state index < -0.39 is 0 Å². The van der Waals surface area contributed by atoms with E-state index in [2.05, 4.69) is 11.6 Å². The second-order valence-corrected chi connectivity index (χ2v) is 6.11. The molecule has 2 amide bonds. The molecule has 0 saturated carbocycles. The molecule has 126 valence electrons. The predicted molar refractivity (Wildman–Crippen MR) is 93.3 cm³/mol. The van der Waals surface area contributed by atoms with Gasteiger partial charge in [0.15, 0.2) is 6.19 Å². The highest BCUT2D eigenvalue weighted by atomic mass is 16.2. The number of carbonyl (C=O) groups is 2. The van der Waals surface area contributed by atoms with Gasteiger partial charge in [-0.05, 0) is 43.7 Å². The van der Waals surface area contributed by atoms with Crippen LogP contribution in [0, 0.1) is 11.5 Å². The van der Waals surface area contributed by atoms with E-state index in [4.69, 9.17) is 5.26 Å². The first-order valence-electron chi connectivity index (χ1n) is 8.01. The third-order valence-corrected chi connectivity index (χ3v) is 4.05. The molecule has 1 N–H and O–H groups in total. The molecule has 0 fully saturated rings. The normalized spacial score (nSPS) is 13.0. The lowest BCUT2D eigenvalue weighted by Gasteiger charge is -2.22. The van der Waals surface area contributed by atoms with Crippen LogP contribution in [-0.4, -0.2) is 27.8 Å². The van der Waals surface area contributed by atoms with Crippen LogP contribution in [0.2, 0.25) is 0 Å². The van der Waals surface area contributed by atoms with Crippen molar-refractivity contribution in [2.45, 2.75) is 26.4 Å². The summed E-state index contributed by atoms with van der Waals surface area (Å²) < 4.78 is 0. The number of fused-ring (bicyclic) bond motifs is 1. The van der Waals surface area contributed by atoms with Crippen LogP contribution in [0.25, 0.3) is 0 Å². The minimum Gasteiger partial charge on any atom is -0.289 e. The summed E-state index contributed by atoms with van der Waals surface area (Å²) in [7, 11) is 0. The van der Waals surface area contributed by atoms with E-state index in [-0.39, 0.29) is 24.4 Å². The zero-order valence-electron chi connectivity index (χ0n) is 14.1. The molecule has 6 heteroatoms. The molecule has 0 saturated heterocycles. The Morgan fingerprint density at radius 1 is 1.04 bits per heavy atom. The molecule has 0 radical (unpaired) electrons. The number of nitrogens with zero attached hydrogens (tertiary/aromatic N) is 3. The van der Waals surface area contributed by atoms with Crippen LogP contribution in [-0.2, 0) is 6.54 Å². The summed E-state index contributed by atoms with van der Waals surface area (Å²) in [6, 6.07) is 14.2. The number of anilines is 1. The van der Waals surface area contributed by atoms with Crippen molar-refractivity contribution in [2.75, 3.05) is 5.43 Å². The third-order valence-electron chi connectivity index (χ3n) is 4.05. The molecule has 6 nitrogen and oxygen atoms in total. The molecule has 1 aliphatic rings. The monoisotopic (exact) mass is 334 g/mol. The number of amides is 2. The number of benzene rings is 2. The number of rotatable bonds is 5. The van der Waals surface area contributed by atoms with Gasteiger partial charge in [-0.3, -0.25) is 19.9 Å². The Bertz CT molecular complexity index is 817. The molecule has 0 atom stereocenters. The summed E-state index contributed by atoms with van der Waals surface area (Å²) in [4.78, 5) is 26.0. The molecule has 0 aromatic heterocycles. The average Bonchev–Trinajstić information content (AvgIpc) is 2.86. The van der Waals surface area contributed by atoms with Crippen molar-refractivity contribution < 1.29 is 9.59 Å². The largest absolute Gasteiger partial charge is 0.289 e. The van der Waals surface area contributed by atoms with Crippen molar-refractivity contribution in [2.24, 2.45) is 0 Å². The van der Waals surface area contributed by atoms with Gasteiger partial charge in [-0.25, -0.2) is 5.01 Å². The van der Waals surface area contributed by atoms with Gasteiger partial charge in [0.05, 0.1) is 29.4 Å². The summed E-state index contributed by atoms with van der Waals surface area (Å²) >= 11 is 0. The molecular formula is C19H18N4O2. The van der Waals surface area contributed by atoms with Gasteiger partial charge < -0.3 is 0 Å². The van der Waals surface area contributed by atoms with Gasteiger partial charge in [-0.2, -0.15) is 5.26 Å². The average molecular weight is 334 g/mol. The number of imide groups is 1. The first-order valence-corrected chi connectivity index (χ1v) is 8.01. The Labute approximate surface area is 146 Å². The van der Waals surface area contributed by atoms with Crippen molar-refractivity contribution in [1.29, 1.82) is 5.26 Å². The Kier molecular flexibility index (Phi) is 4.40. The molecule has 2 aromatic carbocycles. The fourth-order valence-electron chi connectivity index (χ4n) is 2.66. The minimum atomic E-state index is -0.265. The predicted octanol–water partition coefficient (Wildman–Crippen LogP) is 3.00. The summed E-state index contributed by atoms with van der Waals surface area (Å²) in [5.41, 5.74) is 5.51. The lowest BCUT2D eigenvalue weighted by atomic mass is 10.1. The van der Waals surface area contributed by atoms with Gasteiger partial charge in [-0.1, -0.05) is 24.3 Å². The molecule has 0 unspecified atom stereocenters. The summed E-state index contributed by atoms with van der Waals surface area (Å²) in [6.07, 6.45) is 2.07.